The minimum atomic E-state index is 0.272. The molecular weight excluding hydrogens is 472 g/mol. The van der Waals surface area contributed by atoms with E-state index in [0.717, 1.165) is 32.9 Å². The van der Waals surface area contributed by atoms with Gasteiger partial charge in [-0.3, -0.25) is 0 Å². The molecule has 10 heteroatoms. The number of methoxy groups -OCH3 is 1. The molecule has 9 nitrogen and oxygen atoms in total. The van der Waals surface area contributed by atoms with E-state index in [1.807, 2.05) is 68.4 Å². The van der Waals surface area contributed by atoms with Crippen molar-refractivity contribution in [3.8, 4) is 11.7 Å². The number of benzene rings is 2. The summed E-state index contributed by atoms with van der Waals surface area (Å²) in [5.74, 6) is 1.73. The Balaban J connectivity index is 1.65. The third-order valence-corrected chi connectivity index (χ3v) is 4.96. The van der Waals surface area contributed by atoms with Crippen molar-refractivity contribution in [3.63, 3.8) is 0 Å². The molecule has 4 rings (SSSR count). The molecule has 0 aliphatic rings. The van der Waals surface area contributed by atoms with Gasteiger partial charge in [-0.1, -0.05) is 28.1 Å². The lowest BCUT2D eigenvalue weighted by molar-refractivity contribution is 0.414. The number of aryl methyl sites for hydroxylation is 2. The van der Waals surface area contributed by atoms with Crippen molar-refractivity contribution in [2.24, 2.45) is 5.10 Å². The van der Waals surface area contributed by atoms with Crippen LogP contribution in [0.15, 0.2) is 64.2 Å². The zero-order valence-corrected chi connectivity index (χ0v) is 19.3. The summed E-state index contributed by atoms with van der Waals surface area (Å²) in [6.07, 6.45) is 1.65. The number of aromatic nitrogens is 5. The Bertz CT molecular complexity index is 1250. The van der Waals surface area contributed by atoms with E-state index >= 15 is 0 Å². The van der Waals surface area contributed by atoms with Crippen molar-refractivity contribution in [1.82, 2.24) is 24.7 Å². The molecule has 0 atom stereocenters. The van der Waals surface area contributed by atoms with Crippen LogP contribution in [0.5, 0.6) is 5.75 Å². The molecule has 0 amide bonds. The SMILES string of the molecule is COc1ccccc1/C=N\Nc1nc(Nc2ccc(Br)cc2)nc(-n2nc(C)cc2C)n1. The average Bonchev–Trinajstić information content (AvgIpc) is 3.13. The lowest BCUT2D eigenvalue weighted by Crippen LogP contribution is -2.11. The van der Waals surface area contributed by atoms with Crippen LogP contribution in [0.3, 0.4) is 0 Å². The van der Waals surface area contributed by atoms with Crippen molar-refractivity contribution in [3.05, 3.63) is 76.0 Å². The minimum Gasteiger partial charge on any atom is -0.496 e. The smallest absolute Gasteiger partial charge is 0.257 e. The van der Waals surface area contributed by atoms with Crippen LogP contribution < -0.4 is 15.5 Å². The maximum Gasteiger partial charge on any atom is 0.257 e. The number of hydrogen-bond donors (Lipinski definition) is 2. The molecule has 2 N–H and O–H groups in total. The maximum atomic E-state index is 5.35. The first-order valence-corrected chi connectivity index (χ1v) is 10.6. The molecule has 0 aliphatic carbocycles. The topological polar surface area (TPSA) is 102 Å². The van der Waals surface area contributed by atoms with Gasteiger partial charge in [0.05, 0.1) is 19.0 Å². The van der Waals surface area contributed by atoms with E-state index in [2.05, 4.69) is 51.8 Å². The highest BCUT2D eigenvalue weighted by Crippen LogP contribution is 2.19. The fourth-order valence-corrected chi connectivity index (χ4v) is 3.26. The second-order valence-electron chi connectivity index (χ2n) is 6.87. The normalized spacial score (nSPS) is 11.0. The summed E-state index contributed by atoms with van der Waals surface area (Å²) in [5, 5.41) is 11.9. The first-order chi connectivity index (χ1) is 15.5. The second-order valence-corrected chi connectivity index (χ2v) is 7.78. The van der Waals surface area contributed by atoms with Gasteiger partial charge in [0.2, 0.25) is 11.9 Å². The van der Waals surface area contributed by atoms with Gasteiger partial charge in [0.25, 0.3) is 5.95 Å². The van der Waals surface area contributed by atoms with E-state index in [9.17, 15) is 0 Å². The largest absolute Gasteiger partial charge is 0.496 e. The number of rotatable bonds is 7. The van der Waals surface area contributed by atoms with E-state index in [-0.39, 0.29) is 5.95 Å². The van der Waals surface area contributed by atoms with Crippen LogP contribution in [0.2, 0.25) is 0 Å². The van der Waals surface area contributed by atoms with Crippen LogP contribution >= 0.6 is 15.9 Å². The number of halogens is 1. The molecule has 2 aromatic carbocycles. The summed E-state index contributed by atoms with van der Waals surface area (Å²) in [4.78, 5) is 13.5. The highest BCUT2D eigenvalue weighted by molar-refractivity contribution is 9.10. The molecule has 32 heavy (non-hydrogen) atoms. The predicted octanol–water partition coefficient (Wildman–Crippen LogP) is 4.63. The molecular formula is C22H21BrN8O. The van der Waals surface area contributed by atoms with Gasteiger partial charge in [0.1, 0.15) is 5.75 Å². The van der Waals surface area contributed by atoms with Crippen LogP contribution in [0, 0.1) is 13.8 Å². The third-order valence-electron chi connectivity index (χ3n) is 4.43. The van der Waals surface area contributed by atoms with Gasteiger partial charge in [-0.05, 0) is 56.3 Å². The Kier molecular flexibility index (Phi) is 6.41. The fourth-order valence-electron chi connectivity index (χ4n) is 2.99. The van der Waals surface area contributed by atoms with Crippen LogP contribution in [0.4, 0.5) is 17.6 Å². The summed E-state index contributed by atoms with van der Waals surface area (Å²) in [6, 6.07) is 17.2. The van der Waals surface area contributed by atoms with Gasteiger partial charge in [0, 0.05) is 21.4 Å². The van der Waals surface area contributed by atoms with E-state index in [0.29, 0.717) is 11.9 Å². The Morgan fingerprint density at radius 1 is 1.00 bits per heavy atom. The third kappa shape index (κ3) is 5.09. The molecule has 4 aromatic rings. The van der Waals surface area contributed by atoms with E-state index < -0.39 is 0 Å². The summed E-state index contributed by atoms with van der Waals surface area (Å²) >= 11 is 3.44. The van der Waals surface area contributed by atoms with Gasteiger partial charge < -0.3 is 10.1 Å². The molecule has 0 unspecified atom stereocenters. The highest BCUT2D eigenvalue weighted by Gasteiger charge is 2.12. The van der Waals surface area contributed by atoms with Crippen molar-refractivity contribution >= 4 is 39.7 Å². The fraction of sp³-hybridized carbons (Fsp3) is 0.136. The van der Waals surface area contributed by atoms with Crippen molar-refractivity contribution in [2.75, 3.05) is 17.9 Å². The number of para-hydroxylation sites is 1. The van der Waals surface area contributed by atoms with Gasteiger partial charge in [0.15, 0.2) is 0 Å². The van der Waals surface area contributed by atoms with E-state index in [1.54, 1.807) is 18.0 Å². The Hall–Kier alpha value is -3.79. The highest BCUT2D eigenvalue weighted by atomic mass is 79.9. The second kappa shape index (κ2) is 9.56. The van der Waals surface area contributed by atoms with Crippen LogP contribution in [-0.2, 0) is 0 Å². The van der Waals surface area contributed by atoms with Gasteiger partial charge in [-0.15, -0.1) is 0 Å². The quantitative estimate of drug-likeness (QED) is 0.286. The summed E-state index contributed by atoms with van der Waals surface area (Å²) < 4.78 is 8.00. The molecule has 0 saturated carbocycles. The molecule has 2 aromatic heterocycles. The zero-order valence-electron chi connectivity index (χ0n) is 17.7. The van der Waals surface area contributed by atoms with Crippen molar-refractivity contribution < 1.29 is 4.74 Å². The number of hydrogen-bond acceptors (Lipinski definition) is 8. The molecule has 0 spiro atoms. The standard InChI is InChI=1S/C22H21BrN8O/c1-14-12-15(2)31(30-14)22-27-20(25-18-10-8-17(23)9-11-18)26-21(28-22)29-24-13-16-6-4-5-7-19(16)32-3/h4-13H,1-3H3,(H2,25,26,27,28,29)/b24-13-. The number of ether oxygens (including phenoxy) is 1. The summed E-state index contributed by atoms with van der Waals surface area (Å²) in [7, 11) is 1.62. The van der Waals surface area contributed by atoms with Crippen LogP contribution in [-0.4, -0.2) is 38.1 Å². The molecule has 0 fully saturated rings. The number of anilines is 3. The predicted molar refractivity (Wildman–Crippen MR) is 128 cm³/mol. The molecule has 0 radical (unpaired) electrons. The van der Waals surface area contributed by atoms with E-state index in [4.69, 9.17) is 4.74 Å². The molecule has 0 saturated heterocycles. The van der Waals surface area contributed by atoms with Crippen molar-refractivity contribution in [1.29, 1.82) is 0 Å². The van der Waals surface area contributed by atoms with Crippen molar-refractivity contribution in [2.45, 2.75) is 13.8 Å². The summed E-state index contributed by atoms with van der Waals surface area (Å²) in [5.41, 5.74) is 6.32. The first-order valence-electron chi connectivity index (χ1n) is 9.76. The lowest BCUT2D eigenvalue weighted by atomic mass is 10.2. The number of nitrogens with zero attached hydrogens (tertiary/aromatic N) is 6. The Labute approximate surface area is 193 Å². The Morgan fingerprint density at radius 2 is 1.75 bits per heavy atom. The summed E-state index contributed by atoms with van der Waals surface area (Å²) in [6.45, 7) is 3.86. The van der Waals surface area contributed by atoms with Crippen LogP contribution in [0.1, 0.15) is 17.0 Å². The van der Waals surface area contributed by atoms with Gasteiger partial charge in [-0.2, -0.15) is 25.2 Å². The van der Waals surface area contributed by atoms with Crippen LogP contribution in [0.25, 0.3) is 5.95 Å². The van der Waals surface area contributed by atoms with Gasteiger partial charge in [-0.25, -0.2) is 10.1 Å². The van der Waals surface area contributed by atoms with E-state index in [1.165, 1.54) is 0 Å². The lowest BCUT2D eigenvalue weighted by Gasteiger charge is -2.10. The molecule has 0 bridgehead atoms. The average molecular weight is 493 g/mol. The first kappa shape index (κ1) is 21.4. The molecule has 0 aliphatic heterocycles. The van der Waals surface area contributed by atoms with Gasteiger partial charge >= 0.3 is 0 Å². The molecule has 2 heterocycles. The Morgan fingerprint density at radius 3 is 2.47 bits per heavy atom. The maximum absolute atomic E-state index is 5.35. The number of nitrogens with one attached hydrogen (secondary N) is 2. The zero-order chi connectivity index (χ0) is 22.5. The molecule has 162 valence electrons. The number of hydrazone groups is 1. The minimum absolute atomic E-state index is 0.272. The monoisotopic (exact) mass is 492 g/mol.